The number of ketones is 1. The first-order valence-corrected chi connectivity index (χ1v) is 6.60. The third-order valence-corrected chi connectivity index (χ3v) is 4.07. The molecule has 0 radical (unpaired) electrons. The van der Waals surface area contributed by atoms with Crippen LogP contribution in [0.25, 0.3) is 0 Å². The maximum Gasteiger partial charge on any atom is 0.164 e. The van der Waals surface area contributed by atoms with Crippen LogP contribution >= 0.6 is 0 Å². The molecule has 0 aliphatic carbocycles. The van der Waals surface area contributed by atoms with Gasteiger partial charge in [-0.25, -0.2) is 4.39 Å². The van der Waals surface area contributed by atoms with Gasteiger partial charge in [0, 0.05) is 30.3 Å². The zero-order chi connectivity index (χ0) is 12.5. The van der Waals surface area contributed by atoms with Crippen molar-refractivity contribution in [3.8, 4) is 0 Å². The number of carbonyl (C=O) groups is 1. The molecule has 0 aromatic carbocycles. The van der Waals surface area contributed by atoms with Gasteiger partial charge < -0.3 is 5.32 Å². The van der Waals surface area contributed by atoms with Gasteiger partial charge in [0.25, 0.3) is 0 Å². The number of pyridine rings is 1. The molecule has 2 bridgehead atoms. The highest BCUT2D eigenvalue weighted by molar-refractivity contribution is 5.95. The number of rotatable bonds is 3. The minimum absolute atomic E-state index is 0.0216. The van der Waals surface area contributed by atoms with Crippen LogP contribution in [0.4, 0.5) is 4.39 Å². The van der Waals surface area contributed by atoms with Crippen molar-refractivity contribution in [2.24, 2.45) is 5.92 Å². The molecule has 2 unspecified atom stereocenters. The summed E-state index contributed by atoms with van der Waals surface area (Å²) < 4.78 is 13.0. The summed E-state index contributed by atoms with van der Waals surface area (Å²) in [5.41, 5.74) is 0.404. The standard InChI is InChI=1S/C14H17FN2O/c15-11-6-10(7-16-8-11)14(18)5-9-3-12-1-2-13(4-9)17-12/h6-9,12-13,17H,1-5H2. The number of nitrogens with zero attached hydrogens (tertiary/aromatic N) is 1. The maximum absolute atomic E-state index is 13.0. The number of hydrogen-bond acceptors (Lipinski definition) is 3. The fourth-order valence-electron chi connectivity index (χ4n) is 3.29. The Balaban J connectivity index is 1.64. The Hall–Kier alpha value is -1.29. The number of Topliss-reactive ketones (excluding diaryl/α,β-unsaturated/α-hetero) is 1. The molecule has 0 saturated carbocycles. The molecule has 2 fully saturated rings. The van der Waals surface area contributed by atoms with Gasteiger partial charge in [0.05, 0.1) is 6.20 Å². The summed E-state index contributed by atoms with van der Waals surface area (Å²) in [6, 6.07) is 2.46. The van der Waals surface area contributed by atoms with Crippen molar-refractivity contribution in [3.63, 3.8) is 0 Å². The van der Waals surface area contributed by atoms with E-state index in [4.69, 9.17) is 0 Å². The summed E-state index contributed by atoms with van der Waals surface area (Å²) in [5.74, 6) is 0.0269. The molecule has 1 aromatic heterocycles. The van der Waals surface area contributed by atoms with Crippen LogP contribution in [-0.2, 0) is 0 Å². The molecule has 2 aliphatic heterocycles. The van der Waals surface area contributed by atoms with Gasteiger partial charge in [0.2, 0.25) is 0 Å². The lowest BCUT2D eigenvalue weighted by atomic mass is 9.87. The summed E-state index contributed by atoms with van der Waals surface area (Å²) in [6.45, 7) is 0. The minimum Gasteiger partial charge on any atom is -0.311 e. The van der Waals surface area contributed by atoms with Gasteiger partial charge in [-0.1, -0.05) is 0 Å². The molecule has 2 saturated heterocycles. The van der Waals surface area contributed by atoms with E-state index in [1.807, 2.05) is 0 Å². The Morgan fingerprint density at radius 2 is 2.06 bits per heavy atom. The van der Waals surface area contributed by atoms with Crippen LogP contribution in [0.3, 0.4) is 0 Å². The molecule has 1 aromatic rings. The molecule has 96 valence electrons. The minimum atomic E-state index is -0.439. The molecule has 2 atom stereocenters. The quantitative estimate of drug-likeness (QED) is 0.835. The topological polar surface area (TPSA) is 42.0 Å². The van der Waals surface area contributed by atoms with E-state index in [-0.39, 0.29) is 5.78 Å². The number of hydrogen-bond donors (Lipinski definition) is 1. The predicted octanol–water partition coefficient (Wildman–Crippen LogP) is 2.32. The SMILES string of the molecule is O=C(CC1CC2CCC(C1)N2)c1cncc(F)c1. The molecule has 3 heterocycles. The molecular formula is C14H17FN2O. The highest BCUT2D eigenvalue weighted by Gasteiger charge is 2.34. The molecular weight excluding hydrogens is 231 g/mol. The number of carbonyl (C=O) groups excluding carboxylic acids is 1. The lowest BCUT2D eigenvalue weighted by Gasteiger charge is -2.28. The second-order valence-electron chi connectivity index (χ2n) is 5.49. The average Bonchev–Trinajstić information content (AvgIpc) is 2.69. The van der Waals surface area contributed by atoms with Gasteiger partial charge >= 0.3 is 0 Å². The third kappa shape index (κ3) is 2.43. The van der Waals surface area contributed by atoms with E-state index in [9.17, 15) is 9.18 Å². The lowest BCUT2D eigenvalue weighted by molar-refractivity contribution is 0.0944. The van der Waals surface area contributed by atoms with E-state index in [2.05, 4.69) is 10.3 Å². The van der Waals surface area contributed by atoms with Gasteiger partial charge in [-0.05, 0) is 37.7 Å². The second-order valence-corrected chi connectivity index (χ2v) is 5.49. The Morgan fingerprint density at radius 3 is 2.72 bits per heavy atom. The number of piperidine rings is 1. The van der Waals surface area contributed by atoms with Crippen molar-refractivity contribution in [2.75, 3.05) is 0 Å². The maximum atomic E-state index is 13.0. The van der Waals surface area contributed by atoms with E-state index in [1.165, 1.54) is 25.1 Å². The summed E-state index contributed by atoms with van der Waals surface area (Å²) >= 11 is 0. The highest BCUT2D eigenvalue weighted by atomic mass is 19.1. The van der Waals surface area contributed by atoms with E-state index in [0.29, 0.717) is 30.0 Å². The predicted molar refractivity (Wildman–Crippen MR) is 65.8 cm³/mol. The molecule has 3 nitrogen and oxygen atoms in total. The van der Waals surface area contributed by atoms with Crippen LogP contribution < -0.4 is 5.32 Å². The first kappa shape index (κ1) is 11.8. The van der Waals surface area contributed by atoms with Gasteiger partial charge in [-0.2, -0.15) is 0 Å². The summed E-state index contributed by atoms with van der Waals surface area (Å²) in [4.78, 5) is 15.8. The van der Waals surface area contributed by atoms with Crippen LogP contribution in [0, 0.1) is 11.7 Å². The van der Waals surface area contributed by atoms with Gasteiger partial charge in [-0.15, -0.1) is 0 Å². The number of aromatic nitrogens is 1. The van der Waals surface area contributed by atoms with E-state index in [1.54, 1.807) is 0 Å². The number of fused-ring (bicyclic) bond motifs is 2. The normalized spacial score (nSPS) is 30.4. The summed E-state index contributed by atoms with van der Waals surface area (Å²) in [7, 11) is 0. The Kier molecular flexibility index (Phi) is 3.12. The van der Waals surface area contributed by atoms with E-state index < -0.39 is 5.82 Å². The first-order chi connectivity index (χ1) is 8.70. The smallest absolute Gasteiger partial charge is 0.164 e. The average molecular weight is 248 g/mol. The van der Waals surface area contributed by atoms with Crippen molar-refractivity contribution >= 4 is 5.78 Å². The Bertz CT molecular complexity index is 451. The summed E-state index contributed by atoms with van der Waals surface area (Å²) in [6.07, 6.45) is 7.73. The Labute approximate surface area is 106 Å². The molecule has 0 spiro atoms. The molecule has 1 N–H and O–H groups in total. The highest BCUT2D eigenvalue weighted by Crippen LogP contribution is 2.33. The first-order valence-electron chi connectivity index (χ1n) is 6.60. The van der Waals surface area contributed by atoms with Crippen LogP contribution in [0.1, 0.15) is 42.5 Å². The van der Waals surface area contributed by atoms with Gasteiger partial charge in [-0.3, -0.25) is 9.78 Å². The fraction of sp³-hybridized carbons (Fsp3) is 0.571. The Morgan fingerprint density at radius 1 is 1.33 bits per heavy atom. The summed E-state index contributed by atoms with van der Waals surface area (Å²) in [5, 5.41) is 3.56. The third-order valence-electron chi connectivity index (χ3n) is 4.07. The van der Waals surface area contributed by atoms with Crippen LogP contribution in [0.2, 0.25) is 0 Å². The molecule has 3 rings (SSSR count). The van der Waals surface area contributed by atoms with Crippen molar-refractivity contribution < 1.29 is 9.18 Å². The monoisotopic (exact) mass is 248 g/mol. The van der Waals surface area contributed by atoms with E-state index in [0.717, 1.165) is 19.0 Å². The zero-order valence-corrected chi connectivity index (χ0v) is 10.2. The van der Waals surface area contributed by atoms with Crippen LogP contribution in [0.5, 0.6) is 0 Å². The largest absolute Gasteiger partial charge is 0.311 e. The number of nitrogens with one attached hydrogen (secondary N) is 1. The second kappa shape index (κ2) is 4.76. The van der Waals surface area contributed by atoms with Gasteiger partial charge in [0.1, 0.15) is 5.82 Å². The number of halogens is 1. The van der Waals surface area contributed by atoms with Crippen molar-refractivity contribution in [1.29, 1.82) is 0 Å². The zero-order valence-electron chi connectivity index (χ0n) is 10.2. The molecule has 18 heavy (non-hydrogen) atoms. The molecule has 0 amide bonds. The van der Waals surface area contributed by atoms with Gasteiger partial charge in [0.15, 0.2) is 5.78 Å². The van der Waals surface area contributed by atoms with Crippen molar-refractivity contribution in [2.45, 2.75) is 44.2 Å². The van der Waals surface area contributed by atoms with Crippen molar-refractivity contribution in [3.05, 3.63) is 29.8 Å². The van der Waals surface area contributed by atoms with Crippen LogP contribution in [-0.4, -0.2) is 22.9 Å². The van der Waals surface area contributed by atoms with Crippen molar-refractivity contribution in [1.82, 2.24) is 10.3 Å². The molecule has 2 aliphatic rings. The van der Waals surface area contributed by atoms with E-state index >= 15 is 0 Å². The lowest BCUT2D eigenvalue weighted by Crippen LogP contribution is -2.38. The fourth-order valence-corrected chi connectivity index (χ4v) is 3.29. The van der Waals surface area contributed by atoms with Crippen LogP contribution in [0.15, 0.2) is 18.5 Å². The molecule has 4 heteroatoms.